The Morgan fingerprint density at radius 3 is 2.74 bits per heavy atom. The number of hydrogen-bond donors (Lipinski definition) is 3. The lowest BCUT2D eigenvalue weighted by atomic mass is 10.2. The van der Waals surface area contributed by atoms with Gasteiger partial charge in [-0.1, -0.05) is 24.3 Å². The molecular weight excluding hydrogens is 294 g/mol. The quantitative estimate of drug-likeness (QED) is 0.536. The van der Waals surface area contributed by atoms with Crippen molar-refractivity contribution in [3.63, 3.8) is 0 Å². The molecule has 0 aliphatic carbocycles. The number of anilines is 1. The zero-order valence-corrected chi connectivity index (χ0v) is 11.8. The highest BCUT2D eigenvalue weighted by atomic mass is 16.2. The van der Waals surface area contributed by atoms with Gasteiger partial charge in [0.15, 0.2) is 11.5 Å². The minimum absolute atomic E-state index is 0.169. The Kier molecular flexibility index (Phi) is 3.05. The Hall–Kier alpha value is -3.55. The van der Waals surface area contributed by atoms with Gasteiger partial charge in [0.05, 0.1) is 5.52 Å². The minimum atomic E-state index is -0.381. The number of nitrogens with zero attached hydrogens (tertiary/aromatic N) is 4. The van der Waals surface area contributed by atoms with E-state index in [1.807, 2.05) is 36.4 Å². The molecule has 0 atom stereocenters. The molecule has 1 amide bonds. The van der Waals surface area contributed by atoms with Gasteiger partial charge >= 0.3 is 0 Å². The average molecular weight is 305 g/mol. The molecule has 23 heavy (non-hydrogen) atoms. The molecule has 8 nitrogen and oxygen atoms in total. The fraction of sp³-hybridized carbons (Fsp3) is 0. The molecule has 0 saturated heterocycles. The molecule has 0 unspecified atom stereocenters. The van der Waals surface area contributed by atoms with Crippen molar-refractivity contribution in [3.8, 4) is 11.5 Å². The number of aromatic nitrogens is 6. The summed E-state index contributed by atoms with van der Waals surface area (Å²) < 4.78 is 0. The van der Waals surface area contributed by atoms with Crippen molar-refractivity contribution in [2.75, 3.05) is 5.32 Å². The molecule has 0 bridgehead atoms. The highest BCUT2D eigenvalue weighted by molar-refractivity contribution is 6.10. The van der Waals surface area contributed by atoms with Crippen molar-refractivity contribution in [3.05, 3.63) is 54.4 Å². The van der Waals surface area contributed by atoms with Crippen LogP contribution in [-0.2, 0) is 0 Å². The molecule has 4 rings (SSSR count). The highest BCUT2D eigenvalue weighted by Crippen LogP contribution is 2.17. The van der Waals surface area contributed by atoms with E-state index in [-0.39, 0.29) is 11.9 Å². The van der Waals surface area contributed by atoms with E-state index >= 15 is 0 Å². The van der Waals surface area contributed by atoms with E-state index in [1.165, 1.54) is 0 Å². The number of hydrogen-bond acceptors (Lipinski definition) is 5. The number of para-hydroxylation sites is 1. The standard InChI is InChI=1S/C15H11N7O/c23-14(12-9-5-1-2-6-10(9)19-20-12)18-15-17-13(21-22-15)11-7-3-4-8-16-11/h1-8H,(H,19,20)(H2,17,18,21,22,23). The van der Waals surface area contributed by atoms with Crippen LogP contribution in [0.1, 0.15) is 10.5 Å². The molecule has 1 aromatic carbocycles. The number of fused-ring (bicyclic) bond motifs is 1. The van der Waals surface area contributed by atoms with Crippen LogP contribution in [0.4, 0.5) is 5.95 Å². The van der Waals surface area contributed by atoms with Gasteiger partial charge in [-0.05, 0) is 18.2 Å². The molecule has 3 aromatic heterocycles. The first-order chi connectivity index (χ1) is 11.3. The van der Waals surface area contributed by atoms with E-state index in [1.54, 1.807) is 12.3 Å². The Bertz CT molecular complexity index is 974. The summed E-state index contributed by atoms with van der Waals surface area (Å²) in [4.78, 5) is 20.7. The summed E-state index contributed by atoms with van der Waals surface area (Å²) in [6.07, 6.45) is 1.66. The van der Waals surface area contributed by atoms with Crippen LogP contribution in [0.25, 0.3) is 22.4 Å². The van der Waals surface area contributed by atoms with Crippen molar-refractivity contribution >= 4 is 22.8 Å². The van der Waals surface area contributed by atoms with Crippen LogP contribution in [-0.4, -0.2) is 36.3 Å². The Balaban J connectivity index is 1.59. The van der Waals surface area contributed by atoms with Crippen molar-refractivity contribution in [1.82, 2.24) is 30.4 Å². The first kappa shape index (κ1) is 13.1. The number of amides is 1. The van der Waals surface area contributed by atoms with Crippen molar-refractivity contribution in [2.24, 2.45) is 0 Å². The molecule has 0 saturated carbocycles. The second-order valence-electron chi connectivity index (χ2n) is 4.79. The largest absolute Gasteiger partial charge is 0.288 e. The monoisotopic (exact) mass is 305 g/mol. The first-order valence-electron chi connectivity index (χ1n) is 6.89. The van der Waals surface area contributed by atoms with E-state index in [4.69, 9.17) is 0 Å². The second kappa shape index (κ2) is 5.34. The fourth-order valence-corrected chi connectivity index (χ4v) is 2.23. The van der Waals surface area contributed by atoms with Gasteiger partial charge in [-0.2, -0.15) is 10.1 Å². The molecule has 3 heterocycles. The molecule has 0 aliphatic rings. The maximum atomic E-state index is 12.3. The van der Waals surface area contributed by atoms with Gasteiger partial charge in [-0.3, -0.25) is 25.3 Å². The first-order valence-corrected chi connectivity index (χ1v) is 6.89. The lowest BCUT2D eigenvalue weighted by Crippen LogP contribution is -2.13. The van der Waals surface area contributed by atoms with Gasteiger partial charge in [0.25, 0.3) is 5.91 Å². The number of benzene rings is 1. The van der Waals surface area contributed by atoms with Crippen molar-refractivity contribution in [2.45, 2.75) is 0 Å². The Labute approximate surface area is 130 Å². The Morgan fingerprint density at radius 2 is 1.87 bits per heavy atom. The van der Waals surface area contributed by atoms with Crippen molar-refractivity contribution in [1.29, 1.82) is 0 Å². The lowest BCUT2D eigenvalue weighted by Gasteiger charge is -1.97. The van der Waals surface area contributed by atoms with Crippen molar-refractivity contribution < 1.29 is 4.79 Å². The van der Waals surface area contributed by atoms with E-state index in [0.29, 0.717) is 17.2 Å². The smallest absolute Gasteiger partial charge is 0.279 e. The topological polar surface area (TPSA) is 112 Å². The number of aromatic amines is 2. The van der Waals surface area contributed by atoms with Crippen LogP contribution < -0.4 is 5.32 Å². The molecule has 0 spiro atoms. The lowest BCUT2D eigenvalue weighted by molar-refractivity contribution is 0.102. The maximum absolute atomic E-state index is 12.3. The van der Waals surface area contributed by atoms with E-state index in [9.17, 15) is 4.79 Å². The van der Waals surface area contributed by atoms with Gasteiger partial charge in [-0.25, -0.2) is 0 Å². The predicted octanol–water partition coefficient (Wildman–Crippen LogP) is 2.00. The molecular formula is C15H11N7O. The van der Waals surface area contributed by atoms with Gasteiger partial charge in [0.1, 0.15) is 5.69 Å². The second-order valence-corrected chi connectivity index (χ2v) is 4.79. The fourth-order valence-electron chi connectivity index (χ4n) is 2.23. The molecule has 3 N–H and O–H groups in total. The molecule has 8 heteroatoms. The van der Waals surface area contributed by atoms with Crippen LogP contribution in [0.3, 0.4) is 0 Å². The Morgan fingerprint density at radius 1 is 1.00 bits per heavy atom. The van der Waals surface area contributed by atoms with Crippen LogP contribution >= 0.6 is 0 Å². The third kappa shape index (κ3) is 2.42. The third-order valence-electron chi connectivity index (χ3n) is 3.30. The molecule has 0 radical (unpaired) electrons. The van der Waals surface area contributed by atoms with Crippen LogP contribution in [0.5, 0.6) is 0 Å². The zero-order valence-electron chi connectivity index (χ0n) is 11.8. The number of carbonyl (C=O) groups excluding carboxylic acids is 1. The number of pyridine rings is 1. The summed E-state index contributed by atoms with van der Waals surface area (Å²) >= 11 is 0. The van der Waals surface area contributed by atoms with Gasteiger partial charge in [0, 0.05) is 11.6 Å². The van der Waals surface area contributed by atoms with Crippen LogP contribution in [0, 0.1) is 0 Å². The van der Waals surface area contributed by atoms with E-state index in [2.05, 4.69) is 35.7 Å². The average Bonchev–Trinajstić information content (AvgIpc) is 3.22. The molecule has 0 fully saturated rings. The minimum Gasteiger partial charge on any atom is -0.288 e. The number of nitrogens with one attached hydrogen (secondary N) is 3. The summed E-state index contributed by atoms with van der Waals surface area (Å²) in [6.45, 7) is 0. The zero-order chi connectivity index (χ0) is 15.6. The summed E-state index contributed by atoms with van der Waals surface area (Å²) in [6, 6.07) is 12.9. The molecule has 0 aliphatic heterocycles. The van der Waals surface area contributed by atoms with E-state index in [0.717, 1.165) is 10.9 Å². The molecule has 112 valence electrons. The van der Waals surface area contributed by atoms with Crippen LogP contribution in [0.2, 0.25) is 0 Å². The summed E-state index contributed by atoms with van der Waals surface area (Å²) in [5, 5.41) is 16.9. The highest BCUT2D eigenvalue weighted by Gasteiger charge is 2.16. The number of rotatable bonds is 3. The normalized spacial score (nSPS) is 10.8. The third-order valence-corrected chi connectivity index (χ3v) is 3.30. The van der Waals surface area contributed by atoms with Gasteiger partial charge in [0.2, 0.25) is 5.95 Å². The predicted molar refractivity (Wildman–Crippen MR) is 83.7 cm³/mol. The van der Waals surface area contributed by atoms with Gasteiger partial charge in [-0.15, -0.1) is 5.10 Å². The maximum Gasteiger partial charge on any atom is 0.279 e. The number of H-pyrrole nitrogens is 2. The molecule has 4 aromatic rings. The summed E-state index contributed by atoms with van der Waals surface area (Å²) in [7, 11) is 0. The SMILES string of the molecule is O=C(Nc1n[nH]c(-c2ccccn2)n1)c1n[nH]c2ccccc12. The van der Waals surface area contributed by atoms with Gasteiger partial charge < -0.3 is 0 Å². The van der Waals surface area contributed by atoms with E-state index < -0.39 is 0 Å². The number of carbonyl (C=O) groups is 1. The van der Waals surface area contributed by atoms with Crippen LogP contribution in [0.15, 0.2) is 48.7 Å². The summed E-state index contributed by atoms with van der Waals surface area (Å²) in [5.74, 6) is 0.268. The summed E-state index contributed by atoms with van der Waals surface area (Å²) in [5.41, 5.74) is 1.73.